The van der Waals surface area contributed by atoms with Crippen LogP contribution in [0.3, 0.4) is 0 Å². The lowest BCUT2D eigenvalue weighted by Crippen LogP contribution is -2.19. The highest BCUT2D eigenvalue weighted by atomic mass is 16.5. The number of methoxy groups -OCH3 is 3. The maximum atomic E-state index is 13.6. The number of nitrogens with zero attached hydrogens (tertiary/aromatic N) is 2. The SMILES string of the molecule is CCc1c(C)c2cc3nc4c(cccc4c4[nH]c(c(CC(=O)OC)c5nc(cc1[nH]2)C(C)=C5C(=O)OC)c(CCC(=O)OC)c4C)C3(C)CC. The zero-order chi connectivity index (χ0) is 36.1. The van der Waals surface area contributed by atoms with Gasteiger partial charge in [0, 0.05) is 39.3 Å². The van der Waals surface area contributed by atoms with Crippen molar-refractivity contribution < 1.29 is 28.6 Å². The number of allylic oxidation sites excluding steroid dienone is 1. The van der Waals surface area contributed by atoms with Crippen LogP contribution < -0.4 is 0 Å². The molecule has 260 valence electrons. The monoisotopic (exact) mass is 676 g/mol. The van der Waals surface area contributed by atoms with Gasteiger partial charge in [0.05, 0.1) is 61.4 Å². The summed E-state index contributed by atoms with van der Waals surface area (Å²) in [5.74, 6) is -1.44. The maximum absolute atomic E-state index is 13.6. The Morgan fingerprint density at radius 2 is 1.56 bits per heavy atom. The van der Waals surface area contributed by atoms with Gasteiger partial charge in [-0.25, -0.2) is 9.78 Å². The number of H-pyrrole nitrogens is 2. The van der Waals surface area contributed by atoms with E-state index in [0.29, 0.717) is 34.5 Å². The molecule has 0 radical (unpaired) electrons. The van der Waals surface area contributed by atoms with Crippen LogP contribution in [0.2, 0.25) is 0 Å². The minimum absolute atomic E-state index is 0.107. The number of hydrogen-bond acceptors (Lipinski definition) is 8. The first-order chi connectivity index (χ1) is 23.9. The number of carbonyl (C=O) groups is 3. The van der Waals surface area contributed by atoms with Crippen molar-refractivity contribution in [2.45, 2.75) is 79.1 Å². The summed E-state index contributed by atoms with van der Waals surface area (Å²) in [5, 5.41) is 0.894. The fourth-order valence-corrected chi connectivity index (χ4v) is 7.52. The number of esters is 3. The minimum Gasteiger partial charge on any atom is -0.469 e. The van der Waals surface area contributed by atoms with Crippen molar-refractivity contribution in [3.63, 3.8) is 0 Å². The number of para-hydroxylation sites is 1. The van der Waals surface area contributed by atoms with Gasteiger partial charge in [-0.05, 0) is 92.5 Å². The average Bonchev–Trinajstić information content (AvgIpc) is 3.80. The van der Waals surface area contributed by atoms with Gasteiger partial charge in [-0.15, -0.1) is 0 Å². The summed E-state index contributed by atoms with van der Waals surface area (Å²) in [6.07, 6.45) is 1.84. The molecular formula is C40H44N4O6. The Morgan fingerprint density at radius 3 is 2.22 bits per heavy atom. The van der Waals surface area contributed by atoms with Crippen LogP contribution in [0, 0.1) is 13.8 Å². The molecule has 0 fully saturated rings. The smallest absolute Gasteiger partial charge is 0.340 e. The van der Waals surface area contributed by atoms with Gasteiger partial charge in [0.15, 0.2) is 0 Å². The quantitative estimate of drug-likeness (QED) is 0.147. The molecule has 1 unspecified atom stereocenters. The van der Waals surface area contributed by atoms with Crippen molar-refractivity contribution >= 4 is 62.0 Å². The summed E-state index contributed by atoms with van der Waals surface area (Å²) >= 11 is 0. The van der Waals surface area contributed by atoms with Gasteiger partial charge in [-0.3, -0.25) is 14.6 Å². The topological polar surface area (TPSA) is 136 Å². The van der Waals surface area contributed by atoms with Crippen molar-refractivity contribution in [3.8, 4) is 0 Å². The van der Waals surface area contributed by atoms with Crippen LogP contribution in [0.5, 0.6) is 0 Å². The zero-order valence-electron chi connectivity index (χ0n) is 30.3. The van der Waals surface area contributed by atoms with E-state index in [9.17, 15) is 14.4 Å². The Hall–Kier alpha value is -5.25. The lowest BCUT2D eigenvalue weighted by molar-refractivity contribution is -0.141. The summed E-state index contributed by atoms with van der Waals surface area (Å²) in [5.41, 5.74) is 12.0. The Bertz CT molecular complexity index is 2290. The highest BCUT2D eigenvalue weighted by Crippen LogP contribution is 2.44. The van der Waals surface area contributed by atoms with Crippen molar-refractivity contribution in [1.29, 1.82) is 0 Å². The van der Waals surface area contributed by atoms with Crippen LogP contribution in [0.25, 0.3) is 44.1 Å². The van der Waals surface area contributed by atoms with Gasteiger partial charge in [0.25, 0.3) is 0 Å². The summed E-state index contributed by atoms with van der Waals surface area (Å²) in [6, 6.07) is 10.4. The Labute approximate surface area is 291 Å². The van der Waals surface area contributed by atoms with E-state index in [-0.39, 0.29) is 29.8 Å². The van der Waals surface area contributed by atoms with Gasteiger partial charge in [-0.1, -0.05) is 32.0 Å². The lowest BCUT2D eigenvalue weighted by Gasteiger charge is -2.23. The van der Waals surface area contributed by atoms with Crippen molar-refractivity contribution in [1.82, 2.24) is 19.9 Å². The zero-order valence-corrected chi connectivity index (χ0v) is 30.3. The molecule has 2 aliphatic rings. The number of rotatable bonds is 8. The molecule has 0 spiro atoms. The molecule has 3 aromatic heterocycles. The highest BCUT2D eigenvalue weighted by molar-refractivity contribution is 6.25. The van der Waals surface area contributed by atoms with Crippen LogP contribution in [-0.4, -0.2) is 59.2 Å². The molecule has 5 heterocycles. The number of hydrogen-bond donors (Lipinski definition) is 2. The molecule has 0 aliphatic carbocycles. The van der Waals surface area contributed by atoms with Crippen molar-refractivity contribution in [2.75, 3.05) is 21.3 Å². The third-order valence-electron chi connectivity index (χ3n) is 10.7. The predicted octanol–water partition coefficient (Wildman–Crippen LogP) is 7.29. The van der Waals surface area contributed by atoms with Gasteiger partial charge >= 0.3 is 17.9 Å². The second-order valence-electron chi connectivity index (χ2n) is 13.2. The second-order valence-corrected chi connectivity index (χ2v) is 13.2. The van der Waals surface area contributed by atoms with Crippen LogP contribution in [0.1, 0.15) is 91.0 Å². The highest BCUT2D eigenvalue weighted by Gasteiger charge is 2.35. The number of ether oxygens (including phenoxy) is 3. The predicted molar refractivity (Wildman–Crippen MR) is 195 cm³/mol. The third kappa shape index (κ3) is 5.47. The van der Waals surface area contributed by atoms with E-state index in [2.05, 4.69) is 49.8 Å². The summed E-state index contributed by atoms with van der Waals surface area (Å²) in [4.78, 5) is 56.9. The van der Waals surface area contributed by atoms with E-state index in [4.69, 9.17) is 24.2 Å². The lowest BCUT2D eigenvalue weighted by atomic mass is 9.78. The van der Waals surface area contributed by atoms with Crippen molar-refractivity contribution in [2.24, 2.45) is 0 Å². The number of aromatic amines is 2. The Kier molecular flexibility index (Phi) is 9.15. The molecule has 1 atom stereocenters. The fourth-order valence-electron chi connectivity index (χ4n) is 7.52. The molecule has 0 amide bonds. The van der Waals surface area contributed by atoms with E-state index in [1.807, 2.05) is 32.0 Å². The minimum atomic E-state index is -0.571. The summed E-state index contributed by atoms with van der Waals surface area (Å²) in [7, 11) is 4.02. The number of nitrogens with one attached hydrogen (secondary N) is 2. The molecule has 4 aromatic rings. The summed E-state index contributed by atoms with van der Waals surface area (Å²) in [6.45, 7) is 12.5. The number of benzene rings is 1. The van der Waals surface area contributed by atoms with Crippen molar-refractivity contribution in [3.05, 3.63) is 80.8 Å². The van der Waals surface area contributed by atoms with E-state index in [1.165, 1.54) is 21.3 Å². The molecule has 10 heteroatoms. The van der Waals surface area contributed by atoms with E-state index in [0.717, 1.165) is 73.8 Å². The standard InChI is InChI=1S/C40H44N4O6/c1-10-23-20(3)29-19-31-40(6,11-2)27-14-12-13-25(37(27)43-31)35-21(4)24(15-16-32(45)48-7)36(44-35)26(17-33(46)49-8)38-34(39(47)50-9)22(5)28(42-38)18-30(23)41-29/h12-14,18-19,41,44H,10-11,15-17H2,1-9H3. The van der Waals surface area contributed by atoms with Crippen LogP contribution >= 0.6 is 0 Å². The molecule has 0 saturated carbocycles. The van der Waals surface area contributed by atoms with Gasteiger partial charge in [-0.2, -0.15) is 0 Å². The normalized spacial score (nSPS) is 15.5. The van der Waals surface area contributed by atoms with Gasteiger partial charge in [0.2, 0.25) is 0 Å². The largest absolute Gasteiger partial charge is 0.469 e. The second kappa shape index (κ2) is 13.2. The number of aromatic nitrogens is 4. The molecule has 10 nitrogen and oxygen atoms in total. The first kappa shape index (κ1) is 34.6. The molecular weight excluding hydrogens is 632 g/mol. The first-order valence-electron chi connectivity index (χ1n) is 17.0. The Morgan fingerprint density at radius 1 is 0.820 bits per heavy atom. The first-order valence-corrected chi connectivity index (χ1v) is 17.0. The average molecular weight is 677 g/mol. The van der Waals surface area contributed by atoms with E-state index >= 15 is 0 Å². The van der Waals surface area contributed by atoms with E-state index in [1.54, 1.807) is 0 Å². The van der Waals surface area contributed by atoms with Crippen LogP contribution in [0.4, 0.5) is 0 Å². The summed E-state index contributed by atoms with van der Waals surface area (Å²) < 4.78 is 15.5. The van der Waals surface area contributed by atoms with Crippen LogP contribution in [-0.2, 0) is 53.3 Å². The fraction of sp³-hybridized carbons (Fsp3) is 0.375. The molecule has 50 heavy (non-hydrogen) atoms. The third-order valence-corrected chi connectivity index (χ3v) is 10.7. The number of aryl methyl sites for hydroxylation is 4. The number of fused-ring (bicyclic) bond motifs is 8. The van der Waals surface area contributed by atoms with E-state index < -0.39 is 11.9 Å². The Balaban J connectivity index is 1.92. The molecule has 1 aromatic carbocycles. The number of carbonyl (C=O) groups excluding carboxylic acids is 3. The molecule has 2 aliphatic heterocycles. The molecule has 2 N–H and O–H groups in total. The maximum Gasteiger partial charge on any atom is 0.340 e. The molecule has 0 saturated heterocycles. The molecule has 6 rings (SSSR count). The molecule has 8 bridgehead atoms. The van der Waals surface area contributed by atoms with Crippen LogP contribution in [0.15, 0.2) is 30.3 Å². The van der Waals surface area contributed by atoms with Gasteiger partial charge in [0.1, 0.15) is 0 Å². The van der Waals surface area contributed by atoms with Gasteiger partial charge < -0.3 is 24.2 Å².